The van der Waals surface area contributed by atoms with E-state index in [2.05, 4.69) is 38.7 Å². The number of carbonyl (C=O) groups is 1. The summed E-state index contributed by atoms with van der Waals surface area (Å²) in [4.78, 5) is 31.2. The van der Waals surface area contributed by atoms with E-state index in [-0.39, 0.29) is 11.8 Å². The monoisotopic (exact) mass is 437 g/mol. The van der Waals surface area contributed by atoms with Crippen molar-refractivity contribution in [1.29, 1.82) is 0 Å². The van der Waals surface area contributed by atoms with Gasteiger partial charge >= 0.3 is 0 Å². The number of hydrogen-bond donors (Lipinski definition) is 1. The maximum Gasteiger partial charge on any atom is 0.225 e. The molecule has 0 saturated heterocycles. The third kappa shape index (κ3) is 3.28. The van der Waals surface area contributed by atoms with Crippen LogP contribution in [-0.2, 0) is 24.2 Å². The molecule has 1 atom stereocenters. The molecule has 2 aliphatic rings. The molecule has 0 unspecified atom stereocenters. The number of amides is 1. The van der Waals surface area contributed by atoms with E-state index < -0.39 is 0 Å². The summed E-state index contributed by atoms with van der Waals surface area (Å²) in [5.74, 6) is 1.12. The van der Waals surface area contributed by atoms with Gasteiger partial charge in [0.15, 0.2) is 0 Å². The second kappa shape index (κ2) is 7.67. The van der Waals surface area contributed by atoms with Gasteiger partial charge in [-0.2, -0.15) is 0 Å². The number of nitrogens with one attached hydrogen (secondary N) is 1. The van der Waals surface area contributed by atoms with Crippen LogP contribution in [0, 0.1) is 5.92 Å². The maximum atomic E-state index is 12.5. The molecular weight excluding hydrogens is 414 g/mol. The van der Waals surface area contributed by atoms with Crippen molar-refractivity contribution in [2.45, 2.75) is 30.7 Å². The Labute approximate surface area is 183 Å². The molecule has 0 radical (unpaired) electrons. The number of rotatable bonds is 4. The SMILES string of the molecule is CSc1cc2c(cc1Nc1ncnc3sc4c(c13)CC[C@H](C(=O)N(C)C)C4)C=NC2. The molecule has 0 spiro atoms. The molecule has 0 bridgehead atoms. The number of thiophene rings is 1. The molecule has 8 heteroatoms. The molecule has 3 heterocycles. The molecule has 1 aliphatic carbocycles. The third-order valence-electron chi connectivity index (χ3n) is 5.84. The molecule has 0 saturated carbocycles. The standard InChI is InChI=1S/C22H23N5OS2/c1-27(2)22(28)12-4-5-15-17(7-12)30-21-19(15)20(24-11-25-21)26-16-6-13-9-23-10-14(13)8-18(16)29-3/h6,8-9,11-12H,4-5,7,10H2,1-3H3,(H,24,25,26)/t12-/m0/s1. The Morgan fingerprint density at radius 1 is 1.30 bits per heavy atom. The lowest BCUT2D eigenvalue weighted by Gasteiger charge is -2.24. The molecule has 5 rings (SSSR count). The van der Waals surface area contributed by atoms with E-state index >= 15 is 0 Å². The number of thioether (sulfide) groups is 1. The molecule has 0 fully saturated rings. The van der Waals surface area contributed by atoms with Crippen LogP contribution in [0.3, 0.4) is 0 Å². The summed E-state index contributed by atoms with van der Waals surface area (Å²) in [7, 11) is 3.67. The molecule has 2 aromatic heterocycles. The molecule has 1 amide bonds. The average molecular weight is 438 g/mol. The summed E-state index contributed by atoms with van der Waals surface area (Å²) in [6.45, 7) is 0.756. The minimum absolute atomic E-state index is 0.0593. The zero-order chi connectivity index (χ0) is 20.8. The minimum atomic E-state index is 0.0593. The van der Waals surface area contributed by atoms with Gasteiger partial charge in [-0.15, -0.1) is 23.1 Å². The zero-order valence-corrected chi connectivity index (χ0v) is 18.9. The molecule has 3 aromatic rings. The molecule has 6 nitrogen and oxygen atoms in total. The van der Waals surface area contributed by atoms with Crippen LogP contribution in [0.2, 0.25) is 0 Å². The van der Waals surface area contributed by atoms with Gasteiger partial charge in [-0.1, -0.05) is 0 Å². The predicted octanol–water partition coefficient (Wildman–Crippen LogP) is 4.28. The second-order valence-corrected chi connectivity index (χ2v) is 9.86. The average Bonchev–Trinajstić information content (AvgIpc) is 3.35. The van der Waals surface area contributed by atoms with Crippen molar-refractivity contribution in [2.24, 2.45) is 10.9 Å². The molecular formula is C22H23N5OS2. The molecule has 1 aromatic carbocycles. The van der Waals surface area contributed by atoms with E-state index in [1.807, 2.05) is 20.3 Å². The lowest BCUT2D eigenvalue weighted by Crippen LogP contribution is -2.32. The minimum Gasteiger partial charge on any atom is -0.349 e. The predicted molar refractivity (Wildman–Crippen MR) is 124 cm³/mol. The van der Waals surface area contributed by atoms with Crippen LogP contribution in [-0.4, -0.2) is 47.3 Å². The van der Waals surface area contributed by atoms with Crippen LogP contribution in [0.25, 0.3) is 10.2 Å². The number of anilines is 2. The highest BCUT2D eigenvalue weighted by molar-refractivity contribution is 7.98. The first-order valence-electron chi connectivity index (χ1n) is 9.99. The van der Waals surface area contributed by atoms with Crippen molar-refractivity contribution in [3.63, 3.8) is 0 Å². The summed E-state index contributed by atoms with van der Waals surface area (Å²) < 4.78 is 0. The Morgan fingerprint density at radius 2 is 2.17 bits per heavy atom. The summed E-state index contributed by atoms with van der Waals surface area (Å²) in [5, 5.41) is 4.69. The Balaban J connectivity index is 1.53. The number of aromatic nitrogens is 2. The quantitative estimate of drug-likeness (QED) is 0.617. The van der Waals surface area contributed by atoms with Crippen molar-refractivity contribution < 1.29 is 4.79 Å². The first kappa shape index (κ1) is 19.5. The van der Waals surface area contributed by atoms with E-state index in [1.54, 1.807) is 34.3 Å². The van der Waals surface area contributed by atoms with Crippen molar-refractivity contribution >= 4 is 56.9 Å². The van der Waals surface area contributed by atoms with Crippen molar-refractivity contribution in [3.05, 3.63) is 40.0 Å². The lowest BCUT2D eigenvalue weighted by atomic mass is 9.87. The third-order valence-corrected chi connectivity index (χ3v) is 7.78. The fraction of sp³-hybridized carbons (Fsp3) is 0.364. The van der Waals surface area contributed by atoms with Crippen LogP contribution in [0.5, 0.6) is 0 Å². The highest BCUT2D eigenvalue weighted by atomic mass is 32.2. The smallest absolute Gasteiger partial charge is 0.225 e. The van der Waals surface area contributed by atoms with Gasteiger partial charge in [-0.25, -0.2) is 9.97 Å². The number of carbonyl (C=O) groups excluding carboxylic acids is 1. The summed E-state index contributed by atoms with van der Waals surface area (Å²) in [6.07, 6.45) is 8.20. The van der Waals surface area contributed by atoms with Gasteiger partial charge in [0, 0.05) is 36.0 Å². The summed E-state index contributed by atoms with van der Waals surface area (Å²) in [5.41, 5.74) is 4.78. The van der Waals surface area contributed by atoms with Gasteiger partial charge in [0.25, 0.3) is 0 Å². The van der Waals surface area contributed by atoms with Gasteiger partial charge in [0.1, 0.15) is 17.0 Å². The Hall–Kier alpha value is -2.45. The summed E-state index contributed by atoms with van der Waals surface area (Å²) >= 11 is 3.42. The number of benzene rings is 1. The van der Waals surface area contributed by atoms with E-state index in [1.165, 1.54) is 20.9 Å². The first-order chi connectivity index (χ1) is 14.5. The van der Waals surface area contributed by atoms with E-state index in [0.29, 0.717) is 0 Å². The molecule has 30 heavy (non-hydrogen) atoms. The topological polar surface area (TPSA) is 70.5 Å². The number of nitrogens with zero attached hydrogens (tertiary/aromatic N) is 4. The van der Waals surface area contributed by atoms with Crippen LogP contribution in [0.1, 0.15) is 28.0 Å². The van der Waals surface area contributed by atoms with Gasteiger partial charge in [-0.3, -0.25) is 9.79 Å². The van der Waals surface area contributed by atoms with Crippen molar-refractivity contribution in [1.82, 2.24) is 14.9 Å². The van der Waals surface area contributed by atoms with E-state index in [4.69, 9.17) is 0 Å². The highest BCUT2D eigenvalue weighted by Gasteiger charge is 2.30. The van der Waals surface area contributed by atoms with Gasteiger partial charge in [-0.05, 0) is 54.3 Å². The lowest BCUT2D eigenvalue weighted by molar-refractivity contribution is -0.133. The van der Waals surface area contributed by atoms with Crippen molar-refractivity contribution in [3.8, 4) is 0 Å². The number of aliphatic imine (C=N–C) groups is 1. The first-order valence-corrected chi connectivity index (χ1v) is 12.0. The molecule has 154 valence electrons. The number of hydrogen-bond acceptors (Lipinski definition) is 7. The molecule has 1 N–H and O–H groups in total. The van der Waals surface area contributed by atoms with Crippen LogP contribution >= 0.6 is 23.1 Å². The largest absolute Gasteiger partial charge is 0.349 e. The molecule has 1 aliphatic heterocycles. The van der Waals surface area contributed by atoms with E-state index in [0.717, 1.165) is 53.1 Å². The zero-order valence-electron chi connectivity index (χ0n) is 17.2. The van der Waals surface area contributed by atoms with Gasteiger partial charge in [0.05, 0.1) is 17.6 Å². The van der Waals surface area contributed by atoms with Gasteiger partial charge in [0.2, 0.25) is 5.91 Å². The fourth-order valence-corrected chi connectivity index (χ4v) is 6.17. The second-order valence-electron chi connectivity index (χ2n) is 7.92. The fourth-order valence-electron chi connectivity index (χ4n) is 4.31. The van der Waals surface area contributed by atoms with Gasteiger partial charge < -0.3 is 10.2 Å². The highest BCUT2D eigenvalue weighted by Crippen LogP contribution is 2.41. The number of aryl methyl sites for hydroxylation is 1. The van der Waals surface area contributed by atoms with Crippen LogP contribution in [0.15, 0.2) is 28.3 Å². The normalized spacial score (nSPS) is 17.1. The van der Waals surface area contributed by atoms with E-state index in [9.17, 15) is 4.79 Å². The Kier molecular flexibility index (Phi) is 4.99. The maximum absolute atomic E-state index is 12.5. The Bertz CT molecular complexity index is 1180. The number of fused-ring (bicyclic) bond motifs is 4. The summed E-state index contributed by atoms with van der Waals surface area (Å²) in [6, 6.07) is 4.38. The Morgan fingerprint density at radius 3 is 2.97 bits per heavy atom. The van der Waals surface area contributed by atoms with Crippen molar-refractivity contribution in [2.75, 3.05) is 25.7 Å². The van der Waals surface area contributed by atoms with Crippen LogP contribution < -0.4 is 5.32 Å². The van der Waals surface area contributed by atoms with Crippen LogP contribution in [0.4, 0.5) is 11.5 Å².